The number of amides is 1. The molecule has 0 saturated carbocycles. The maximum absolute atomic E-state index is 12.7. The van der Waals surface area contributed by atoms with Crippen molar-refractivity contribution in [3.63, 3.8) is 0 Å². The van der Waals surface area contributed by atoms with Crippen LogP contribution < -0.4 is 5.32 Å². The summed E-state index contributed by atoms with van der Waals surface area (Å²) in [5.74, 6) is 1.19. The van der Waals surface area contributed by atoms with Crippen LogP contribution >= 0.6 is 0 Å². The first-order valence-electron chi connectivity index (χ1n) is 9.70. The number of hydrogen-bond donors (Lipinski definition) is 1. The van der Waals surface area contributed by atoms with Gasteiger partial charge in [0.15, 0.2) is 5.76 Å². The molecule has 3 aromatic rings. The van der Waals surface area contributed by atoms with Crippen LogP contribution in [-0.4, -0.2) is 42.1 Å². The van der Waals surface area contributed by atoms with Gasteiger partial charge in [-0.25, -0.2) is 0 Å². The Balaban J connectivity index is 1.49. The molecule has 1 aromatic heterocycles. The monoisotopic (exact) mass is 363 g/mol. The van der Waals surface area contributed by atoms with E-state index in [-0.39, 0.29) is 5.91 Å². The second kappa shape index (κ2) is 7.92. The van der Waals surface area contributed by atoms with E-state index in [1.807, 2.05) is 48.5 Å². The maximum atomic E-state index is 12.7. The van der Waals surface area contributed by atoms with Gasteiger partial charge in [-0.15, -0.1) is 0 Å². The normalized spacial score (nSPS) is 17.9. The van der Waals surface area contributed by atoms with E-state index < -0.39 is 0 Å². The van der Waals surface area contributed by atoms with Gasteiger partial charge in [-0.2, -0.15) is 0 Å². The number of fused-ring (bicyclic) bond motifs is 1. The van der Waals surface area contributed by atoms with Crippen molar-refractivity contribution in [1.82, 2.24) is 15.4 Å². The Morgan fingerprint density at radius 2 is 2.11 bits per heavy atom. The molecule has 2 heterocycles. The van der Waals surface area contributed by atoms with E-state index in [0.29, 0.717) is 17.2 Å². The molecule has 140 valence electrons. The van der Waals surface area contributed by atoms with E-state index >= 15 is 0 Å². The lowest BCUT2D eigenvalue weighted by Gasteiger charge is -2.31. The Morgan fingerprint density at radius 1 is 1.26 bits per heavy atom. The highest BCUT2D eigenvalue weighted by Gasteiger charge is 2.20. The molecule has 0 bridgehead atoms. The Hall–Kier alpha value is -2.66. The van der Waals surface area contributed by atoms with Crippen LogP contribution in [0.15, 0.2) is 53.1 Å². The molecule has 1 amide bonds. The highest BCUT2D eigenvalue weighted by Crippen LogP contribution is 2.29. The second-order valence-electron chi connectivity index (χ2n) is 7.22. The molecule has 1 atom stereocenters. The molecule has 5 nitrogen and oxygen atoms in total. The SMILES string of the molecule is CCN1CCCC(CNC(=O)c2ccc3noc(-c4ccccc4)c3c2)C1. The van der Waals surface area contributed by atoms with Crippen molar-refractivity contribution in [3.05, 3.63) is 54.1 Å². The minimum absolute atomic E-state index is 0.0364. The van der Waals surface area contributed by atoms with E-state index in [1.165, 1.54) is 19.4 Å². The van der Waals surface area contributed by atoms with Crippen LogP contribution in [0, 0.1) is 5.92 Å². The Morgan fingerprint density at radius 3 is 2.93 bits per heavy atom. The summed E-state index contributed by atoms with van der Waals surface area (Å²) in [5.41, 5.74) is 2.36. The maximum Gasteiger partial charge on any atom is 0.251 e. The van der Waals surface area contributed by atoms with Gasteiger partial charge < -0.3 is 14.7 Å². The van der Waals surface area contributed by atoms with Gasteiger partial charge >= 0.3 is 0 Å². The minimum atomic E-state index is -0.0364. The van der Waals surface area contributed by atoms with Crippen LogP contribution in [0.1, 0.15) is 30.1 Å². The summed E-state index contributed by atoms with van der Waals surface area (Å²) >= 11 is 0. The second-order valence-corrected chi connectivity index (χ2v) is 7.22. The number of carbonyl (C=O) groups excluding carboxylic acids is 1. The van der Waals surface area contributed by atoms with Crippen molar-refractivity contribution in [2.45, 2.75) is 19.8 Å². The fourth-order valence-electron chi connectivity index (χ4n) is 3.82. The zero-order chi connectivity index (χ0) is 18.6. The molecule has 1 N–H and O–H groups in total. The third-order valence-electron chi connectivity index (χ3n) is 5.38. The third kappa shape index (κ3) is 3.88. The van der Waals surface area contributed by atoms with Gasteiger partial charge in [0.1, 0.15) is 5.52 Å². The molecule has 1 aliphatic rings. The molecule has 1 saturated heterocycles. The number of carbonyl (C=O) groups is 1. The molecular weight excluding hydrogens is 338 g/mol. The van der Waals surface area contributed by atoms with Crippen molar-refractivity contribution >= 4 is 16.8 Å². The lowest BCUT2D eigenvalue weighted by atomic mass is 9.98. The highest BCUT2D eigenvalue weighted by atomic mass is 16.5. The number of benzene rings is 2. The zero-order valence-electron chi connectivity index (χ0n) is 15.6. The predicted octanol–water partition coefficient (Wildman–Crippen LogP) is 3.96. The molecule has 1 fully saturated rings. The molecule has 0 radical (unpaired) electrons. The van der Waals surface area contributed by atoms with Gasteiger partial charge in [0.05, 0.1) is 5.39 Å². The summed E-state index contributed by atoms with van der Waals surface area (Å²) in [7, 11) is 0. The summed E-state index contributed by atoms with van der Waals surface area (Å²) in [4.78, 5) is 15.1. The highest BCUT2D eigenvalue weighted by molar-refractivity contribution is 6.00. The average molecular weight is 363 g/mol. The Bertz CT molecular complexity index is 920. The molecular formula is C22H25N3O2. The topological polar surface area (TPSA) is 58.4 Å². The summed E-state index contributed by atoms with van der Waals surface area (Å²) in [6, 6.07) is 15.4. The van der Waals surface area contributed by atoms with Crippen molar-refractivity contribution in [3.8, 4) is 11.3 Å². The average Bonchev–Trinajstić information content (AvgIpc) is 3.16. The summed E-state index contributed by atoms with van der Waals surface area (Å²) in [6.07, 6.45) is 2.39. The van der Waals surface area contributed by atoms with Crippen LogP contribution in [0.2, 0.25) is 0 Å². The summed E-state index contributed by atoms with van der Waals surface area (Å²) in [5, 5.41) is 8.10. The standard InChI is InChI=1S/C22H25N3O2/c1-2-25-12-6-7-16(15-25)14-23-22(26)18-10-11-20-19(13-18)21(27-24-20)17-8-4-3-5-9-17/h3-5,8-11,13,16H,2,6-7,12,14-15H2,1H3,(H,23,26). The van der Waals surface area contributed by atoms with Gasteiger partial charge in [-0.3, -0.25) is 4.79 Å². The number of piperidine rings is 1. The Labute approximate surface area is 159 Å². The van der Waals surface area contributed by atoms with Gasteiger partial charge in [-0.1, -0.05) is 42.4 Å². The smallest absolute Gasteiger partial charge is 0.251 e. The van der Waals surface area contributed by atoms with E-state index in [9.17, 15) is 4.79 Å². The van der Waals surface area contributed by atoms with E-state index in [2.05, 4.69) is 22.3 Å². The molecule has 1 aliphatic heterocycles. The Kier molecular flexibility index (Phi) is 5.21. The van der Waals surface area contributed by atoms with Crippen molar-refractivity contribution in [2.24, 2.45) is 5.92 Å². The van der Waals surface area contributed by atoms with Gasteiger partial charge in [0, 0.05) is 24.2 Å². The first kappa shape index (κ1) is 17.7. The zero-order valence-corrected chi connectivity index (χ0v) is 15.6. The van der Waals surface area contributed by atoms with Gasteiger partial charge in [0.25, 0.3) is 5.91 Å². The molecule has 4 rings (SSSR count). The van der Waals surface area contributed by atoms with Crippen molar-refractivity contribution in [1.29, 1.82) is 0 Å². The molecule has 27 heavy (non-hydrogen) atoms. The first-order chi connectivity index (χ1) is 13.2. The molecule has 0 aliphatic carbocycles. The lowest BCUT2D eigenvalue weighted by Crippen LogP contribution is -2.40. The van der Waals surface area contributed by atoms with Crippen LogP contribution in [0.5, 0.6) is 0 Å². The fraction of sp³-hybridized carbons (Fsp3) is 0.364. The van der Waals surface area contributed by atoms with Crippen LogP contribution in [0.4, 0.5) is 0 Å². The van der Waals surface area contributed by atoms with E-state index in [4.69, 9.17) is 4.52 Å². The molecule has 2 aromatic carbocycles. The number of hydrogen-bond acceptors (Lipinski definition) is 4. The van der Waals surface area contributed by atoms with Crippen molar-refractivity contribution < 1.29 is 9.32 Å². The lowest BCUT2D eigenvalue weighted by molar-refractivity contribution is 0.0934. The van der Waals surface area contributed by atoms with E-state index in [0.717, 1.165) is 36.1 Å². The molecule has 0 spiro atoms. The molecule has 1 unspecified atom stereocenters. The predicted molar refractivity (Wildman–Crippen MR) is 107 cm³/mol. The number of rotatable bonds is 5. The van der Waals surface area contributed by atoms with Gasteiger partial charge in [0.2, 0.25) is 0 Å². The number of likely N-dealkylation sites (tertiary alicyclic amines) is 1. The quantitative estimate of drug-likeness (QED) is 0.745. The summed E-state index contributed by atoms with van der Waals surface area (Å²) in [6.45, 7) is 6.24. The van der Waals surface area contributed by atoms with Crippen LogP contribution in [0.3, 0.4) is 0 Å². The number of nitrogens with zero attached hydrogens (tertiary/aromatic N) is 2. The fourth-order valence-corrected chi connectivity index (χ4v) is 3.82. The first-order valence-corrected chi connectivity index (χ1v) is 9.70. The largest absolute Gasteiger partial charge is 0.355 e. The number of aromatic nitrogens is 1. The summed E-state index contributed by atoms with van der Waals surface area (Å²) < 4.78 is 5.53. The minimum Gasteiger partial charge on any atom is -0.355 e. The van der Waals surface area contributed by atoms with Crippen molar-refractivity contribution in [2.75, 3.05) is 26.2 Å². The molecule has 5 heteroatoms. The third-order valence-corrected chi connectivity index (χ3v) is 5.38. The van der Waals surface area contributed by atoms with Gasteiger partial charge in [-0.05, 0) is 50.0 Å². The number of nitrogens with one attached hydrogen (secondary N) is 1. The van der Waals surface area contributed by atoms with E-state index in [1.54, 1.807) is 0 Å². The van der Waals surface area contributed by atoms with Crippen LogP contribution in [-0.2, 0) is 0 Å². The van der Waals surface area contributed by atoms with Crippen LogP contribution in [0.25, 0.3) is 22.2 Å².